The minimum atomic E-state index is -0.288. The van der Waals surface area contributed by atoms with Crippen LogP contribution in [0.25, 0.3) is 5.95 Å². The third-order valence-electron chi connectivity index (χ3n) is 2.68. The smallest absolute Gasteiger partial charge is 0.297 e. The summed E-state index contributed by atoms with van der Waals surface area (Å²) in [7, 11) is 0. The van der Waals surface area contributed by atoms with Gasteiger partial charge in [-0.05, 0) is 26.3 Å². The van der Waals surface area contributed by atoms with Crippen LogP contribution in [0, 0.1) is 13.8 Å². The lowest BCUT2D eigenvalue weighted by molar-refractivity contribution is 0.743. The summed E-state index contributed by atoms with van der Waals surface area (Å²) in [5.41, 5.74) is 8.11. The van der Waals surface area contributed by atoms with Crippen molar-refractivity contribution in [1.29, 1.82) is 0 Å². The van der Waals surface area contributed by atoms with Crippen LogP contribution in [0.4, 0.5) is 5.69 Å². The Morgan fingerprint density at radius 3 is 2.50 bits per heavy atom. The number of aryl methyl sites for hydroxylation is 3. The van der Waals surface area contributed by atoms with Crippen LogP contribution < -0.4 is 11.3 Å². The highest BCUT2D eigenvalue weighted by atomic mass is 16.1. The first-order valence-corrected chi connectivity index (χ1v) is 5.95. The zero-order chi connectivity index (χ0) is 13.3. The Kier molecular flexibility index (Phi) is 3.18. The van der Waals surface area contributed by atoms with Crippen molar-refractivity contribution >= 4 is 5.69 Å². The van der Waals surface area contributed by atoms with Crippen molar-refractivity contribution in [2.45, 2.75) is 33.6 Å². The van der Waals surface area contributed by atoms with E-state index in [4.69, 9.17) is 5.73 Å². The molecule has 0 fully saturated rings. The van der Waals surface area contributed by atoms with Gasteiger partial charge in [0.15, 0.2) is 0 Å². The number of nitrogens with two attached hydrogens (primary N) is 1. The number of aromatic amines is 1. The first kappa shape index (κ1) is 12.3. The minimum Gasteiger partial charge on any atom is -0.393 e. The van der Waals surface area contributed by atoms with Crippen LogP contribution in [0.15, 0.2) is 10.9 Å². The molecular weight excluding hydrogens is 230 g/mol. The number of aromatic nitrogens is 4. The third kappa shape index (κ3) is 2.13. The lowest BCUT2D eigenvalue weighted by atomic mass is 10.2. The molecule has 0 unspecified atom stereocenters. The first-order valence-electron chi connectivity index (χ1n) is 5.95. The number of hydrogen-bond acceptors (Lipinski definition) is 4. The maximum absolute atomic E-state index is 12.0. The second-order valence-electron chi connectivity index (χ2n) is 4.35. The van der Waals surface area contributed by atoms with E-state index >= 15 is 0 Å². The van der Waals surface area contributed by atoms with Gasteiger partial charge >= 0.3 is 0 Å². The number of anilines is 1. The molecule has 0 amide bonds. The molecule has 0 saturated carbocycles. The van der Waals surface area contributed by atoms with Gasteiger partial charge in [-0.15, -0.1) is 0 Å². The van der Waals surface area contributed by atoms with E-state index in [9.17, 15) is 4.79 Å². The van der Waals surface area contributed by atoms with Crippen LogP contribution in [-0.4, -0.2) is 19.7 Å². The molecule has 0 atom stereocenters. The number of nitrogens with one attached hydrogen (secondary N) is 1. The Bertz CT molecular complexity index is 606. The Morgan fingerprint density at radius 1 is 1.33 bits per heavy atom. The van der Waals surface area contributed by atoms with E-state index in [1.54, 1.807) is 0 Å². The van der Waals surface area contributed by atoms with Crippen LogP contribution in [0.5, 0.6) is 0 Å². The summed E-state index contributed by atoms with van der Waals surface area (Å²) >= 11 is 0. The SMILES string of the molecule is CCCc1[nH]n(-c2nc(C)cc(C)n2)c(=O)c1N. The van der Waals surface area contributed by atoms with E-state index in [1.165, 1.54) is 4.68 Å². The van der Waals surface area contributed by atoms with Crippen molar-refractivity contribution in [1.82, 2.24) is 19.7 Å². The van der Waals surface area contributed by atoms with E-state index in [0.717, 1.165) is 29.9 Å². The molecule has 0 aromatic carbocycles. The lowest BCUT2D eigenvalue weighted by Gasteiger charge is -2.02. The molecule has 3 N–H and O–H groups in total. The third-order valence-corrected chi connectivity index (χ3v) is 2.68. The summed E-state index contributed by atoms with van der Waals surface area (Å²) in [5, 5.41) is 2.98. The van der Waals surface area contributed by atoms with Crippen LogP contribution in [-0.2, 0) is 6.42 Å². The van der Waals surface area contributed by atoms with E-state index in [0.29, 0.717) is 5.95 Å². The molecule has 2 aromatic heterocycles. The average Bonchev–Trinajstić information content (AvgIpc) is 2.57. The predicted molar refractivity (Wildman–Crippen MR) is 69.9 cm³/mol. The van der Waals surface area contributed by atoms with Gasteiger partial charge in [0.1, 0.15) is 5.69 Å². The lowest BCUT2D eigenvalue weighted by Crippen LogP contribution is -2.19. The predicted octanol–water partition coefficient (Wildman–Crippen LogP) is 1.11. The van der Waals surface area contributed by atoms with Crippen LogP contribution in [0.1, 0.15) is 30.4 Å². The van der Waals surface area contributed by atoms with Gasteiger partial charge in [0.05, 0.1) is 5.69 Å². The number of nitrogens with zero attached hydrogens (tertiary/aromatic N) is 3. The molecular formula is C12H17N5O. The topological polar surface area (TPSA) is 89.6 Å². The highest BCUT2D eigenvalue weighted by molar-refractivity contribution is 5.42. The molecule has 2 rings (SSSR count). The Hall–Kier alpha value is -2.11. The Morgan fingerprint density at radius 2 is 1.94 bits per heavy atom. The van der Waals surface area contributed by atoms with Crippen molar-refractivity contribution in [2.75, 3.05) is 5.73 Å². The van der Waals surface area contributed by atoms with Crippen LogP contribution in [0.3, 0.4) is 0 Å². The molecule has 6 nitrogen and oxygen atoms in total. The quantitative estimate of drug-likeness (QED) is 0.850. The van der Waals surface area contributed by atoms with Crippen molar-refractivity contribution in [2.24, 2.45) is 0 Å². The van der Waals surface area contributed by atoms with E-state index in [2.05, 4.69) is 15.1 Å². The second kappa shape index (κ2) is 4.64. The fraction of sp³-hybridized carbons (Fsp3) is 0.417. The van der Waals surface area contributed by atoms with E-state index in [-0.39, 0.29) is 11.2 Å². The number of rotatable bonds is 3. The minimum absolute atomic E-state index is 0.250. The van der Waals surface area contributed by atoms with Gasteiger partial charge in [-0.25, -0.2) is 9.97 Å². The number of nitrogen functional groups attached to an aromatic ring is 1. The normalized spacial score (nSPS) is 10.8. The summed E-state index contributed by atoms with van der Waals surface area (Å²) in [6, 6.07) is 1.85. The summed E-state index contributed by atoms with van der Waals surface area (Å²) in [5.74, 6) is 0.339. The molecule has 0 aliphatic carbocycles. The largest absolute Gasteiger partial charge is 0.393 e. The molecule has 0 aliphatic rings. The summed E-state index contributed by atoms with van der Waals surface area (Å²) in [6.07, 6.45) is 1.65. The zero-order valence-corrected chi connectivity index (χ0v) is 10.8. The van der Waals surface area contributed by atoms with Gasteiger partial charge in [-0.1, -0.05) is 13.3 Å². The van der Waals surface area contributed by atoms with Crippen molar-refractivity contribution in [3.8, 4) is 5.95 Å². The second-order valence-corrected chi connectivity index (χ2v) is 4.35. The zero-order valence-electron chi connectivity index (χ0n) is 10.8. The van der Waals surface area contributed by atoms with Crippen LogP contribution in [0.2, 0.25) is 0 Å². The van der Waals surface area contributed by atoms with Crippen LogP contribution >= 0.6 is 0 Å². The highest BCUT2D eigenvalue weighted by Gasteiger charge is 2.13. The highest BCUT2D eigenvalue weighted by Crippen LogP contribution is 2.09. The molecule has 0 bridgehead atoms. The Labute approximate surface area is 105 Å². The van der Waals surface area contributed by atoms with Gasteiger partial charge in [0, 0.05) is 11.4 Å². The van der Waals surface area contributed by atoms with Crippen molar-refractivity contribution in [3.05, 3.63) is 33.5 Å². The molecule has 2 aromatic rings. The summed E-state index contributed by atoms with van der Waals surface area (Å²) < 4.78 is 1.31. The molecule has 18 heavy (non-hydrogen) atoms. The summed E-state index contributed by atoms with van der Waals surface area (Å²) in [4.78, 5) is 20.5. The molecule has 96 valence electrons. The molecule has 0 spiro atoms. The maximum atomic E-state index is 12.0. The summed E-state index contributed by atoms with van der Waals surface area (Å²) in [6.45, 7) is 5.76. The molecule has 6 heteroatoms. The fourth-order valence-electron chi connectivity index (χ4n) is 1.88. The van der Waals surface area contributed by atoms with E-state index in [1.807, 2.05) is 26.8 Å². The standard InChI is InChI=1S/C12H17N5O/c1-4-5-9-10(13)11(18)17(16-9)12-14-7(2)6-8(3)15-12/h6,16H,4-5,13H2,1-3H3. The maximum Gasteiger partial charge on any atom is 0.297 e. The fourth-order valence-corrected chi connectivity index (χ4v) is 1.88. The molecule has 0 aliphatic heterocycles. The number of H-pyrrole nitrogens is 1. The van der Waals surface area contributed by atoms with Gasteiger partial charge < -0.3 is 5.73 Å². The van der Waals surface area contributed by atoms with Crippen molar-refractivity contribution < 1.29 is 0 Å². The average molecular weight is 247 g/mol. The molecule has 2 heterocycles. The molecule has 0 saturated heterocycles. The number of hydrogen-bond donors (Lipinski definition) is 2. The monoisotopic (exact) mass is 247 g/mol. The van der Waals surface area contributed by atoms with E-state index < -0.39 is 0 Å². The van der Waals surface area contributed by atoms with Gasteiger partial charge in [0.2, 0.25) is 0 Å². The Balaban J connectivity index is 2.57. The van der Waals surface area contributed by atoms with Gasteiger partial charge in [0.25, 0.3) is 11.5 Å². The first-order chi connectivity index (χ1) is 8.52. The van der Waals surface area contributed by atoms with Crippen molar-refractivity contribution in [3.63, 3.8) is 0 Å². The van der Waals surface area contributed by atoms with Gasteiger partial charge in [-0.3, -0.25) is 9.89 Å². The molecule has 0 radical (unpaired) electrons. The van der Waals surface area contributed by atoms with Gasteiger partial charge in [-0.2, -0.15) is 4.68 Å².